The number of hydrogen-bond acceptors (Lipinski definition) is 4. The van der Waals surface area contributed by atoms with Crippen LogP contribution in [-0.4, -0.2) is 43.5 Å². The van der Waals surface area contributed by atoms with E-state index in [2.05, 4.69) is 11.0 Å². The van der Waals surface area contributed by atoms with Gasteiger partial charge in [-0.25, -0.2) is 0 Å². The maximum absolute atomic E-state index is 11.0. The molecule has 20 heavy (non-hydrogen) atoms. The van der Waals surface area contributed by atoms with Crippen LogP contribution in [0, 0.1) is 11.3 Å². The van der Waals surface area contributed by atoms with Gasteiger partial charge >= 0.3 is 0 Å². The van der Waals surface area contributed by atoms with Crippen molar-refractivity contribution in [3.05, 3.63) is 29.8 Å². The number of rotatable bonds is 4. The van der Waals surface area contributed by atoms with Crippen molar-refractivity contribution < 1.29 is 4.79 Å². The van der Waals surface area contributed by atoms with Crippen molar-refractivity contribution in [3.8, 4) is 6.07 Å². The zero-order chi connectivity index (χ0) is 14.5. The minimum atomic E-state index is -0.287. The molecule has 106 valence electrons. The molecule has 5 nitrogen and oxygen atoms in total. The predicted octanol–water partition coefficient (Wildman–Crippen LogP) is 0.944. The van der Waals surface area contributed by atoms with Gasteiger partial charge in [0.05, 0.1) is 17.8 Å². The number of hydrogen-bond donors (Lipinski definition) is 1. The van der Waals surface area contributed by atoms with Gasteiger partial charge in [-0.05, 0) is 32.0 Å². The van der Waals surface area contributed by atoms with Gasteiger partial charge in [-0.2, -0.15) is 5.26 Å². The highest BCUT2D eigenvalue weighted by atomic mass is 16.1. The van der Waals surface area contributed by atoms with E-state index in [9.17, 15) is 4.79 Å². The highest BCUT2D eigenvalue weighted by molar-refractivity contribution is 5.75. The quantitative estimate of drug-likeness (QED) is 0.885. The van der Waals surface area contributed by atoms with Crippen molar-refractivity contribution in [2.75, 3.05) is 31.6 Å². The molecule has 0 unspecified atom stereocenters. The second-order valence-corrected chi connectivity index (χ2v) is 5.23. The Morgan fingerprint density at radius 1 is 1.45 bits per heavy atom. The fraction of sp³-hybridized carbons (Fsp3) is 0.467. The summed E-state index contributed by atoms with van der Waals surface area (Å²) in [6, 6.07) is 10.3. The summed E-state index contributed by atoms with van der Waals surface area (Å²) in [6.07, 6.45) is 1.95. The van der Waals surface area contributed by atoms with Gasteiger partial charge in [-0.1, -0.05) is 12.1 Å². The number of carbonyl (C=O) groups is 1. The van der Waals surface area contributed by atoms with E-state index in [0.717, 1.165) is 37.2 Å². The number of nitriles is 1. The fourth-order valence-electron chi connectivity index (χ4n) is 2.77. The lowest BCUT2D eigenvalue weighted by Crippen LogP contribution is -2.46. The van der Waals surface area contributed by atoms with E-state index in [4.69, 9.17) is 11.0 Å². The summed E-state index contributed by atoms with van der Waals surface area (Å²) in [4.78, 5) is 15.2. The number of amides is 1. The third-order valence-electron chi connectivity index (χ3n) is 3.86. The molecule has 0 aromatic heterocycles. The Labute approximate surface area is 119 Å². The van der Waals surface area contributed by atoms with E-state index >= 15 is 0 Å². The molecule has 1 saturated heterocycles. The van der Waals surface area contributed by atoms with Crippen LogP contribution < -0.4 is 10.6 Å². The average Bonchev–Trinajstić information content (AvgIpc) is 2.46. The van der Waals surface area contributed by atoms with E-state index < -0.39 is 0 Å². The number of nitrogens with two attached hydrogens (primary N) is 1. The van der Waals surface area contributed by atoms with E-state index in [-0.39, 0.29) is 5.91 Å². The lowest BCUT2D eigenvalue weighted by atomic mass is 10.0. The number of carbonyl (C=O) groups excluding carboxylic acids is 1. The van der Waals surface area contributed by atoms with E-state index in [0.29, 0.717) is 12.6 Å². The number of primary amides is 1. The second kappa shape index (κ2) is 6.40. The number of likely N-dealkylation sites (N-methyl/N-ethyl adjacent to an activating group) is 1. The van der Waals surface area contributed by atoms with Crippen LogP contribution in [0.2, 0.25) is 0 Å². The molecular formula is C15H20N4O. The molecule has 0 aliphatic carbocycles. The molecule has 5 heteroatoms. The summed E-state index contributed by atoms with van der Waals surface area (Å²) < 4.78 is 0. The number of para-hydroxylation sites is 1. The van der Waals surface area contributed by atoms with Gasteiger partial charge in [0.25, 0.3) is 0 Å². The lowest BCUT2D eigenvalue weighted by molar-refractivity contribution is -0.119. The monoisotopic (exact) mass is 272 g/mol. The first-order valence-corrected chi connectivity index (χ1v) is 6.84. The summed E-state index contributed by atoms with van der Waals surface area (Å²) in [5, 5.41) is 9.15. The van der Waals surface area contributed by atoms with Crippen molar-refractivity contribution >= 4 is 11.6 Å². The van der Waals surface area contributed by atoms with E-state index in [1.165, 1.54) is 0 Å². The molecule has 1 aromatic rings. The van der Waals surface area contributed by atoms with Gasteiger partial charge in [-0.15, -0.1) is 0 Å². The SMILES string of the molecule is CN(CC(N)=O)C1CCN(c2ccccc2C#N)CC1. The van der Waals surface area contributed by atoms with Crippen molar-refractivity contribution in [3.63, 3.8) is 0 Å². The third kappa shape index (κ3) is 3.28. The van der Waals surface area contributed by atoms with Crippen LogP contribution in [0.1, 0.15) is 18.4 Å². The Bertz CT molecular complexity index is 515. The van der Waals surface area contributed by atoms with Gasteiger partial charge in [0, 0.05) is 19.1 Å². The minimum absolute atomic E-state index is 0.287. The van der Waals surface area contributed by atoms with Crippen LogP contribution in [0.15, 0.2) is 24.3 Å². The number of benzene rings is 1. The van der Waals surface area contributed by atoms with Crippen molar-refractivity contribution in [2.45, 2.75) is 18.9 Å². The molecule has 0 bridgehead atoms. The third-order valence-corrected chi connectivity index (χ3v) is 3.86. The minimum Gasteiger partial charge on any atom is -0.370 e. The average molecular weight is 272 g/mol. The van der Waals surface area contributed by atoms with Crippen LogP contribution in [0.3, 0.4) is 0 Å². The Morgan fingerprint density at radius 2 is 2.10 bits per heavy atom. The van der Waals surface area contributed by atoms with Gasteiger partial charge in [0.15, 0.2) is 0 Å². The summed E-state index contributed by atoms with van der Waals surface area (Å²) in [7, 11) is 1.94. The predicted molar refractivity (Wildman–Crippen MR) is 78.2 cm³/mol. The Kier molecular flexibility index (Phi) is 4.59. The van der Waals surface area contributed by atoms with Gasteiger partial charge in [0.1, 0.15) is 6.07 Å². The van der Waals surface area contributed by atoms with E-state index in [1.54, 1.807) is 0 Å². The lowest BCUT2D eigenvalue weighted by Gasteiger charge is -2.37. The molecule has 1 heterocycles. The first kappa shape index (κ1) is 14.4. The molecule has 1 aromatic carbocycles. The summed E-state index contributed by atoms with van der Waals surface area (Å²) >= 11 is 0. The largest absolute Gasteiger partial charge is 0.370 e. The first-order valence-electron chi connectivity index (χ1n) is 6.84. The molecule has 1 fully saturated rings. The first-order chi connectivity index (χ1) is 9.61. The smallest absolute Gasteiger partial charge is 0.231 e. The highest BCUT2D eigenvalue weighted by Gasteiger charge is 2.24. The fourth-order valence-corrected chi connectivity index (χ4v) is 2.77. The Balaban J connectivity index is 1.98. The second-order valence-electron chi connectivity index (χ2n) is 5.23. The molecule has 2 N–H and O–H groups in total. The zero-order valence-electron chi connectivity index (χ0n) is 11.7. The molecule has 1 amide bonds. The maximum Gasteiger partial charge on any atom is 0.231 e. The molecular weight excluding hydrogens is 252 g/mol. The van der Waals surface area contributed by atoms with Crippen LogP contribution in [0.5, 0.6) is 0 Å². The Hall–Kier alpha value is -2.06. The number of anilines is 1. The maximum atomic E-state index is 11.0. The Morgan fingerprint density at radius 3 is 2.70 bits per heavy atom. The van der Waals surface area contributed by atoms with Crippen molar-refractivity contribution in [1.82, 2.24) is 4.90 Å². The van der Waals surface area contributed by atoms with Gasteiger partial charge in [0.2, 0.25) is 5.91 Å². The molecule has 1 aliphatic rings. The molecule has 2 rings (SSSR count). The van der Waals surface area contributed by atoms with E-state index in [1.807, 2.05) is 36.2 Å². The number of nitrogens with zero attached hydrogens (tertiary/aromatic N) is 3. The molecule has 0 spiro atoms. The van der Waals surface area contributed by atoms with Crippen molar-refractivity contribution in [1.29, 1.82) is 5.26 Å². The normalized spacial score (nSPS) is 16.1. The van der Waals surface area contributed by atoms with Crippen LogP contribution in [0.4, 0.5) is 5.69 Å². The standard InChI is InChI=1S/C15H20N4O/c1-18(11-15(17)20)13-6-8-19(9-7-13)14-5-3-2-4-12(14)10-16/h2-5,13H,6-9,11H2,1H3,(H2,17,20). The summed E-state index contributed by atoms with van der Waals surface area (Å²) in [5.74, 6) is -0.287. The summed E-state index contributed by atoms with van der Waals surface area (Å²) in [5.41, 5.74) is 6.95. The number of piperidine rings is 1. The topological polar surface area (TPSA) is 73.4 Å². The van der Waals surface area contributed by atoms with Crippen LogP contribution >= 0.6 is 0 Å². The van der Waals surface area contributed by atoms with Gasteiger partial charge < -0.3 is 10.6 Å². The molecule has 0 atom stereocenters. The zero-order valence-corrected chi connectivity index (χ0v) is 11.7. The van der Waals surface area contributed by atoms with Crippen molar-refractivity contribution in [2.24, 2.45) is 5.73 Å². The highest BCUT2D eigenvalue weighted by Crippen LogP contribution is 2.24. The molecule has 0 saturated carbocycles. The summed E-state index contributed by atoms with van der Waals surface area (Å²) in [6.45, 7) is 2.10. The van der Waals surface area contributed by atoms with Crippen LogP contribution in [-0.2, 0) is 4.79 Å². The van der Waals surface area contributed by atoms with Gasteiger partial charge in [-0.3, -0.25) is 9.69 Å². The molecule has 0 radical (unpaired) electrons. The van der Waals surface area contributed by atoms with Crippen LogP contribution in [0.25, 0.3) is 0 Å². The molecule has 1 aliphatic heterocycles.